The summed E-state index contributed by atoms with van der Waals surface area (Å²) in [6.45, 7) is 6.03. The van der Waals surface area contributed by atoms with E-state index in [1.807, 2.05) is 19.9 Å². The summed E-state index contributed by atoms with van der Waals surface area (Å²) in [6.07, 6.45) is 3.99. The minimum absolute atomic E-state index is 0.0142. The van der Waals surface area contributed by atoms with E-state index < -0.39 is 12.0 Å². The first-order valence-corrected chi connectivity index (χ1v) is 8.05. The van der Waals surface area contributed by atoms with Crippen molar-refractivity contribution in [2.24, 2.45) is 5.92 Å². The normalized spacial score (nSPS) is 13.3. The highest BCUT2D eigenvalue weighted by Crippen LogP contribution is 2.09. The predicted molar refractivity (Wildman–Crippen MR) is 88.3 cm³/mol. The van der Waals surface area contributed by atoms with Crippen molar-refractivity contribution in [3.05, 3.63) is 34.2 Å². The summed E-state index contributed by atoms with van der Waals surface area (Å²) < 4.78 is 1.63. The van der Waals surface area contributed by atoms with Gasteiger partial charge < -0.3 is 15.0 Å². The Balaban J connectivity index is 2.40. The molecule has 0 aliphatic heterocycles. The largest absolute Gasteiger partial charge is 0.480 e. The van der Waals surface area contributed by atoms with Crippen LogP contribution in [0.4, 0.5) is 0 Å². The average molecular weight is 322 g/mol. The van der Waals surface area contributed by atoms with Crippen LogP contribution < -0.4 is 10.9 Å². The monoisotopic (exact) mass is 322 g/mol. The standard InChI is InChI=1S/C17H26N2O4/c1-4-12(2)15(17(22)23)18-14(20)9-5-6-10-19-11-7-8-13(3)16(19)21/h7-8,11-12,15H,4-6,9-10H2,1-3H3,(H,18,20)(H,22,23). The summed E-state index contributed by atoms with van der Waals surface area (Å²) in [5.41, 5.74) is 0.683. The number of hydrogen-bond donors (Lipinski definition) is 2. The van der Waals surface area contributed by atoms with Crippen molar-refractivity contribution in [3.63, 3.8) is 0 Å². The topological polar surface area (TPSA) is 88.4 Å². The number of aromatic nitrogens is 1. The zero-order chi connectivity index (χ0) is 17.4. The van der Waals surface area contributed by atoms with E-state index in [9.17, 15) is 14.4 Å². The van der Waals surface area contributed by atoms with Gasteiger partial charge >= 0.3 is 5.97 Å². The molecule has 0 spiro atoms. The van der Waals surface area contributed by atoms with Gasteiger partial charge in [-0.05, 0) is 31.7 Å². The molecule has 0 aliphatic rings. The second-order valence-electron chi connectivity index (χ2n) is 5.92. The van der Waals surface area contributed by atoms with Gasteiger partial charge in [0, 0.05) is 24.7 Å². The lowest BCUT2D eigenvalue weighted by Crippen LogP contribution is -2.44. The van der Waals surface area contributed by atoms with Gasteiger partial charge in [0.1, 0.15) is 6.04 Å². The van der Waals surface area contributed by atoms with Crippen LogP contribution in [0.2, 0.25) is 0 Å². The fraction of sp³-hybridized carbons (Fsp3) is 0.588. The number of rotatable bonds is 9. The lowest BCUT2D eigenvalue weighted by molar-refractivity contribution is -0.143. The van der Waals surface area contributed by atoms with Crippen molar-refractivity contribution in [2.45, 2.75) is 59.0 Å². The van der Waals surface area contributed by atoms with E-state index in [4.69, 9.17) is 5.11 Å². The van der Waals surface area contributed by atoms with Gasteiger partial charge in [-0.2, -0.15) is 0 Å². The molecule has 1 amide bonds. The molecule has 0 saturated carbocycles. The summed E-state index contributed by atoms with van der Waals surface area (Å²) in [6, 6.07) is 2.76. The molecule has 128 valence electrons. The zero-order valence-electron chi connectivity index (χ0n) is 14.0. The Hall–Kier alpha value is -2.11. The minimum atomic E-state index is -1.00. The number of carbonyl (C=O) groups excluding carboxylic acids is 1. The molecule has 1 heterocycles. The van der Waals surface area contributed by atoms with Crippen LogP contribution in [0.25, 0.3) is 0 Å². The van der Waals surface area contributed by atoms with Crippen molar-refractivity contribution in [1.82, 2.24) is 9.88 Å². The smallest absolute Gasteiger partial charge is 0.326 e. The van der Waals surface area contributed by atoms with Crippen molar-refractivity contribution in [3.8, 4) is 0 Å². The number of aryl methyl sites for hydroxylation is 2. The molecule has 0 bridgehead atoms. The molecule has 0 radical (unpaired) electrons. The SMILES string of the molecule is CCC(C)C(NC(=O)CCCCn1cccc(C)c1=O)C(=O)O. The van der Waals surface area contributed by atoms with Crippen LogP contribution in [0.1, 0.15) is 45.1 Å². The summed E-state index contributed by atoms with van der Waals surface area (Å²) >= 11 is 0. The number of carbonyl (C=O) groups is 2. The fourth-order valence-corrected chi connectivity index (χ4v) is 2.33. The van der Waals surface area contributed by atoms with Gasteiger partial charge in [0.2, 0.25) is 5.91 Å². The molecule has 1 rings (SSSR count). The number of nitrogens with zero attached hydrogens (tertiary/aromatic N) is 1. The zero-order valence-corrected chi connectivity index (χ0v) is 14.0. The molecule has 2 unspecified atom stereocenters. The van der Waals surface area contributed by atoms with Gasteiger partial charge in [-0.25, -0.2) is 4.79 Å². The number of amides is 1. The second kappa shape index (κ2) is 9.12. The van der Waals surface area contributed by atoms with Gasteiger partial charge in [0.25, 0.3) is 5.56 Å². The van der Waals surface area contributed by atoms with Gasteiger partial charge in [-0.15, -0.1) is 0 Å². The van der Waals surface area contributed by atoms with Crippen molar-refractivity contribution < 1.29 is 14.7 Å². The first-order valence-electron chi connectivity index (χ1n) is 8.05. The van der Waals surface area contributed by atoms with Gasteiger partial charge in [-0.1, -0.05) is 26.3 Å². The maximum Gasteiger partial charge on any atom is 0.326 e. The molecule has 2 atom stereocenters. The van der Waals surface area contributed by atoms with Gasteiger partial charge in [-0.3, -0.25) is 9.59 Å². The Labute approximate surface area is 136 Å². The molecule has 6 nitrogen and oxygen atoms in total. The second-order valence-corrected chi connectivity index (χ2v) is 5.92. The third-order valence-corrected chi connectivity index (χ3v) is 4.06. The molecular formula is C17H26N2O4. The molecule has 0 aliphatic carbocycles. The first-order chi connectivity index (χ1) is 10.9. The lowest BCUT2D eigenvalue weighted by Gasteiger charge is -2.20. The lowest BCUT2D eigenvalue weighted by atomic mass is 9.99. The van der Waals surface area contributed by atoms with Gasteiger partial charge in [0.05, 0.1) is 0 Å². The Morgan fingerprint density at radius 2 is 2.04 bits per heavy atom. The molecule has 0 fully saturated rings. The Kier molecular flexibility index (Phi) is 7.51. The van der Waals surface area contributed by atoms with E-state index in [1.165, 1.54) is 0 Å². The molecule has 6 heteroatoms. The van der Waals surface area contributed by atoms with Crippen LogP contribution in [0.3, 0.4) is 0 Å². The number of nitrogens with one attached hydrogen (secondary N) is 1. The van der Waals surface area contributed by atoms with Crippen LogP contribution in [0, 0.1) is 12.8 Å². The molecule has 0 saturated heterocycles. The summed E-state index contributed by atoms with van der Waals surface area (Å²) in [5, 5.41) is 11.7. The summed E-state index contributed by atoms with van der Waals surface area (Å²) in [4.78, 5) is 34.9. The van der Waals surface area contributed by atoms with E-state index in [0.717, 1.165) is 0 Å². The molecule has 23 heavy (non-hydrogen) atoms. The number of carboxylic acids is 1. The highest BCUT2D eigenvalue weighted by molar-refractivity contribution is 5.83. The third-order valence-electron chi connectivity index (χ3n) is 4.06. The number of carboxylic acid groups (broad SMARTS) is 1. The Morgan fingerprint density at radius 3 is 2.65 bits per heavy atom. The first kappa shape index (κ1) is 18.9. The maximum absolute atomic E-state index is 11.9. The number of aliphatic carboxylic acids is 1. The molecule has 0 aromatic carbocycles. The minimum Gasteiger partial charge on any atom is -0.480 e. The van der Waals surface area contributed by atoms with E-state index in [1.54, 1.807) is 23.8 Å². The maximum atomic E-state index is 11.9. The number of unbranched alkanes of at least 4 members (excludes halogenated alkanes) is 1. The van der Waals surface area contributed by atoms with Gasteiger partial charge in [0.15, 0.2) is 0 Å². The quantitative estimate of drug-likeness (QED) is 0.680. The van der Waals surface area contributed by atoms with Crippen LogP contribution in [0.5, 0.6) is 0 Å². The average Bonchev–Trinajstić information content (AvgIpc) is 2.52. The van der Waals surface area contributed by atoms with Crippen LogP contribution >= 0.6 is 0 Å². The molecule has 2 N–H and O–H groups in total. The highest BCUT2D eigenvalue weighted by atomic mass is 16.4. The molecule has 1 aromatic rings. The highest BCUT2D eigenvalue weighted by Gasteiger charge is 2.24. The van der Waals surface area contributed by atoms with E-state index in [2.05, 4.69) is 5.32 Å². The summed E-state index contributed by atoms with van der Waals surface area (Å²) in [5.74, 6) is -1.37. The summed E-state index contributed by atoms with van der Waals surface area (Å²) in [7, 11) is 0. The van der Waals surface area contributed by atoms with Crippen molar-refractivity contribution >= 4 is 11.9 Å². The van der Waals surface area contributed by atoms with Crippen molar-refractivity contribution in [1.29, 1.82) is 0 Å². The van der Waals surface area contributed by atoms with Crippen LogP contribution in [-0.2, 0) is 16.1 Å². The third kappa shape index (κ3) is 5.88. The molecular weight excluding hydrogens is 296 g/mol. The Morgan fingerprint density at radius 1 is 1.35 bits per heavy atom. The Bertz CT molecular complexity index is 595. The van der Waals surface area contributed by atoms with Crippen LogP contribution in [0.15, 0.2) is 23.1 Å². The fourth-order valence-electron chi connectivity index (χ4n) is 2.33. The van der Waals surface area contributed by atoms with Crippen molar-refractivity contribution in [2.75, 3.05) is 0 Å². The van der Waals surface area contributed by atoms with E-state index in [0.29, 0.717) is 31.4 Å². The predicted octanol–water partition coefficient (Wildman–Crippen LogP) is 1.94. The molecule has 1 aromatic heterocycles. The van der Waals surface area contributed by atoms with Crippen LogP contribution in [-0.4, -0.2) is 27.6 Å². The number of pyridine rings is 1. The van der Waals surface area contributed by atoms with E-state index in [-0.39, 0.29) is 23.8 Å². The van der Waals surface area contributed by atoms with E-state index >= 15 is 0 Å². The number of hydrogen-bond acceptors (Lipinski definition) is 3.